The molecule has 1 nitrogen and oxygen atoms in total. The van der Waals surface area contributed by atoms with Gasteiger partial charge in [-0.25, -0.2) is 0 Å². The van der Waals surface area contributed by atoms with Crippen LogP contribution >= 0.6 is 0 Å². The number of fused-ring (bicyclic) bond motifs is 2. The van der Waals surface area contributed by atoms with E-state index in [4.69, 9.17) is 0 Å². The minimum atomic E-state index is -4.93. The van der Waals surface area contributed by atoms with Crippen LogP contribution < -0.4 is 0 Å². The third kappa shape index (κ3) is 3.38. The zero-order valence-electron chi connectivity index (χ0n) is 13.5. The van der Waals surface area contributed by atoms with Gasteiger partial charge in [0, 0.05) is 6.21 Å². The Morgan fingerprint density at radius 1 is 0.885 bits per heavy atom. The van der Waals surface area contributed by atoms with Crippen molar-refractivity contribution < 1.29 is 26.3 Å². The summed E-state index contributed by atoms with van der Waals surface area (Å²) in [5.74, 6) is 0. The Kier molecular flexibility index (Phi) is 4.42. The van der Waals surface area contributed by atoms with Crippen LogP contribution in [0.5, 0.6) is 0 Å². The van der Waals surface area contributed by atoms with Gasteiger partial charge in [0.25, 0.3) is 0 Å². The molecule has 0 radical (unpaired) electrons. The Balaban J connectivity index is 2.27. The highest BCUT2D eigenvalue weighted by molar-refractivity contribution is 5.94. The average molecular weight is 369 g/mol. The van der Waals surface area contributed by atoms with Gasteiger partial charge in [-0.05, 0) is 53.0 Å². The lowest BCUT2D eigenvalue weighted by atomic mass is 9.88. The molecule has 2 bridgehead atoms. The summed E-state index contributed by atoms with van der Waals surface area (Å²) in [5.41, 5.74) is -0.628. The number of nitrogens with zero attached hydrogens (tertiary/aromatic N) is 1. The number of hydrogen-bond acceptors (Lipinski definition) is 1. The first-order valence-corrected chi connectivity index (χ1v) is 7.67. The van der Waals surface area contributed by atoms with Gasteiger partial charge in [0.05, 0.1) is 17.7 Å². The molecule has 0 saturated heterocycles. The van der Waals surface area contributed by atoms with E-state index < -0.39 is 23.5 Å². The molecule has 0 saturated carbocycles. The van der Waals surface area contributed by atoms with Gasteiger partial charge in [-0.2, -0.15) is 26.3 Å². The maximum Gasteiger partial charge on any atom is 0.417 e. The van der Waals surface area contributed by atoms with E-state index in [9.17, 15) is 26.3 Å². The molecule has 3 rings (SSSR count). The number of benzene rings is 2. The first kappa shape index (κ1) is 18.2. The minimum Gasteiger partial charge on any atom is -0.288 e. The topological polar surface area (TPSA) is 12.4 Å². The quantitative estimate of drug-likeness (QED) is 0.543. The number of halogens is 6. The maximum atomic E-state index is 13.5. The van der Waals surface area contributed by atoms with Crippen LogP contribution in [0.4, 0.5) is 26.3 Å². The summed E-state index contributed by atoms with van der Waals surface area (Å²) >= 11 is 0. The molecule has 7 heteroatoms. The van der Waals surface area contributed by atoms with Crippen molar-refractivity contribution in [3.05, 3.63) is 75.9 Å². The smallest absolute Gasteiger partial charge is 0.288 e. The van der Waals surface area contributed by atoms with Crippen LogP contribution in [0.2, 0.25) is 0 Å². The highest BCUT2D eigenvalue weighted by Crippen LogP contribution is 2.41. The monoisotopic (exact) mass is 369 g/mol. The Morgan fingerprint density at radius 3 is 2.27 bits per heavy atom. The molecule has 0 aromatic heterocycles. The number of hydrogen-bond donors (Lipinski definition) is 0. The van der Waals surface area contributed by atoms with E-state index in [1.807, 2.05) is 6.07 Å². The molecule has 136 valence electrons. The molecule has 26 heavy (non-hydrogen) atoms. The van der Waals surface area contributed by atoms with Crippen molar-refractivity contribution >= 4 is 11.8 Å². The van der Waals surface area contributed by atoms with E-state index in [-0.39, 0.29) is 17.2 Å². The average Bonchev–Trinajstić information content (AvgIpc) is 2.55. The Bertz CT molecular complexity index is 903. The van der Waals surface area contributed by atoms with E-state index in [2.05, 4.69) is 4.99 Å². The summed E-state index contributed by atoms with van der Waals surface area (Å²) in [4.78, 5) is 4.13. The molecule has 2 aromatic carbocycles. The first-order valence-electron chi connectivity index (χ1n) is 7.67. The highest BCUT2D eigenvalue weighted by Gasteiger charge is 2.38. The number of allylic oxidation sites excluding steroid dienone is 1. The summed E-state index contributed by atoms with van der Waals surface area (Å²) in [5, 5.41) is 0. The molecule has 0 atom stereocenters. The van der Waals surface area contributed by atoms with Gasteiger partial charge in [-0.1, -0.05) is 24.3 Å². The van der Waals surface area contributed by atoms with Crippen molar-refractivity contribution in [2.75, 3.05) is 0 Å². The molecule has 0 amide bonds. The second-order valence-corrected chi connectivity index (χ2v) is 5.92. The lowest BCUT2D eigenvalue weighted by Gasteiger charge is -2.20. The number of rotatable bonds is 1. The van der Waals surface area contributed by atoms with Crippen LogP contribution in [0.25, 0.3) is 5.57 Å². The van der Waals surface area contributed by atoms with Crippen molar-refractivity contribution in [3.63, 3.8) is 0 Å². The molecule has 1 aliphatic heterocycles. The van der Waals surface area contributed by atoms with Gasteiger partial charge in [0.1, 0.15) is 0 Å². The number of alkyl halides is 6. The van der Waals surface area contributed by atoms with Crippen LogP contribution in [0.15, 0.2) is 47.5 Å². The van der Waals surface area contributed by atoms with Gasteiger partial charge in [0.15, 0.2) is 0 Å². The standard InChI is InChI=1S/C19H13F6N/c1-11-12-3-2-4-14(11)15(7-8-26-10-12)16-6-5-13(18(20,21)22)9-17(16)19(23,24)25/h2-9H,10H2,1H3. The first-order chi connectivity index (χ1) is 12.1. The second kappa shape index (κ2) is 6.30. The summed E-state index contributed by atoms with van der Waals surface area (Å²) in [7, 11) is 0. The summed E-state index contributed by atoms with van der Waals surface area (Å²) in [6.07, 6.45) is -7.00. The molecule has 1 aliphatic rings. The lowest BCUT2D eigenvalue weighted by Crippen LogP contribution is -2.14. The Morgan fingerprint density at radius 2 is 1.62 bits per heavy atom. The third-order valence-electron chi connectivity index (χ3n) is 4.29. The van der Waals surface area contributed by atoms with Gasteiger partial charge in [0.2, 0.25) is 0 Å². The SMILES string of the molecule is Cc1c2cccc1C(c1ccc(C(F)(F)F)cc1C(F)(F)F)=CC=NC2. The fourth-order valence-electron chi connectivity index (χ4n) is 2.94. The van der Waals surface area contributed by atoms with E-state index in [0.717, 1.165) is 17.2 Å². The van der Waals surface area contributed by atoms with E-state index in [1.54, 1.807) is 19.1 Å². The van der Waals surface area contributed by atoms with E-state index in [1.165, 1.54) is 12.3 Å². The molecule has 0 N–H and O–H groups in total. The molecular formula is C19H13F6N. The molecular weight excluding hydrogens is 356 g/mol. The van der Waals surface area contributed by atoms with Crippen molar-refractivity contribution in [2.24, 2.45) is 4.99 Å². The van der Waals surface area contributed by atoms with Gasteiger partial charge in [-0.3, -0.25) is 4.99 Å². The normalized spacial score (nSPS) is 14.7. The van der Waals surface area contributed by atoms with Gasteiger partial charge < -0.3 is 0 Å². The molecule has 0 fully saturated rings. The van der Waals surface area contributed by atoms with Crippen molar-refractivity contribution in [1.82, 2.24) is 0 Å². The lowest BCUT2D eigenvalue weighted by molar-refractivity contribution is -0.143. The molecule has 0 spiro atoms. The fraction of sp³-hybridized carbons (Fsp3) is 0.211. The minimum absolute atomic E-state index is 0.158. The van der Waals surface area contributed by atoms with Crippen molar-refractivity contribution in [3.8, 4) is 0 Å². The van der Waals surface area contributed by atoms with Crippen LogP contribution in [-0.2, 0) is 18.9 Å². The third-order valence-corrected chi connectivity index (χ3v) is 4.29. The maximum absolute atomic E-state index is 13.5. The zero-order chi connectivity index (χ0) is 19.1. The summed E-state index contributed by atoms with van der Waals surface area (Å²) in [6, 6.07) is 6.87. The Hall–Kier alpha value is -2.57. The zero-order valence-corrected chi connectivity index (χ0v) is 13.5. The van der Waals surface area contributed by atoms with E-state index >= 15 is 0 Å². The van der Waals surface area contributed by atoms with Crippen LogP contribution in [-0.4, -0.2) is 6.21 Å². The summed E-state index contributed by atoms with van der Waals surface area (Å²) in [6.45, 7) is 2.15. The van der Waals surface area contributed by atoms with Gasteiger partial charge in [-0.15, -0.1) is 0 Å². The number of aliphatic imine (C=N–C) groups is 1. The largest absolute Gasteiger partial charge is 0.417 e. The predicted molar refractivity (Wildman–Crippen MR) is 86.9 cm³/mol. The fourth-order valence-corrected chi connectivity index (χ4v) is 2.94. The predicted octanol–water partition coefficient (Wildman–Crippen LogP) is 6.05. The highest BCUT2D eigenvalue weighted by atomic mass is 19.4. The van der Waals surface area contributed by atoms with Crippen LogP contribution in [0.3, 0.4) is 0 Å². The summed E-state index contributed by atoms with van der Waals surface area (Å²) < 4.78 is 79.1. The van der Waals surface area contributed by atoms with E-state index in [0.29, 0.717) is 18.2 Å². The molecule has 2 aromatic rings. The van der Waals surface area contributed by atoms with Crippen molar-refractivity contribution in [2.45, 2.75) is 25.8 Å². The molecule has 0 aliphatic carbocycles. The molecule has 0 unspecified atom stereocenters. The van der Waals surface area contributed by atoms with Crippen molar-refractivity contribution in [1.29, 1.82) is 0 Å². The van der Waals surface area contributed by atoms with Crippen LogP contribution in [0.1, 0.15) is 33.4 Å². The van der Waals surface area contributed by atoms with Crippen LogP contribution in [0, 0.1) is 6.92 Å². The Labute approximate surface area is 145 Å². The van der Waals surface area contributed by atoms with Gasteiger partial charge >= 0.3 is 12.4 Å². The molecule has 1 heterocycles. The second-order valence-electron chi connectivity index (χ2n) is 5.92.